The zero-order chi connectivity index (χ0) is 15.5. The summed E-state index contributed by atoms with van der Waals surface area (Å²) >= 11 is 0. The number of amides is 2. The predicted molar refractivity (Wildman–Crippen MR) is 88.4 cm³/mol. The van der Waals surface area contributed by atoms with Gasteiger partial charge in [-0.3, -0.25) is 0 Å². The molecule has 2 fully saturated rings. The molecule has 1 aliphatic carbocycles. The zero-order valence-electron chi connectivity index (χ0n) is 13.3. The summed E-state index contributed by atoms with van der Waals surface area (Å²) in [5.74, 6) is 0.693. The van der Waals surface area contributed by atoms with Gasteiger partial charge in [-0.1, -0.05) is 0 Å². The molecule has 0 aromatic heterocycles. The molecule has 0 unspecified atom stereocenters. The Morgan fingerprint density at radius 2 is 1.82 bits per heavy atom. The smallest absolute Gasteiger partial charge is 0.319 e. The van der Waals surface area contributed by atoms with E-state index in [2.05, 4.69) is 41.5 Å². The lowest BCUT2D eigenvalue weighted by Crippen LogP contribution is -2.45. The fourth-order valence-corrected chi connectivity index (χ4v) is 2.88. The van der Waals surface area contributed by atoms with Crippen molar-refractivity contribution in [3.05, 3.63) is 24.3 Å². The lowest BCUT2D eigenvalue weighted by atomic mass is 10.2. The van der Waals surface area contributed by atoms with Crippen molar-refractivity contribution in [2.75, 3.05) is 29.9 Å². The molecular weight excluding hydrogens is 278 g/mol. The maximum Gasteiger partial charge on any atom is 0.319 e. The van der Waals surface area contributed by atoms with Crippen molar-refractivity contribution in [2.24, 2.45) is 5.92 Å². The van der Waals surface area contributed by atoms with Gasteiger partial charge in [-0.15, -0.1) is 0 Å². The predicted octanol–water partition coefficient (Wildman–Crippen LogP) is 2.83. The van der Waals surface area contributed by atoms with Gasteiger partial charge in [-0.05, 0) is 56.9 Å². The van der Waals surface area contributed by atoms with Crippen LogP contribution in [0, 0.1) is 5.92 Å². The van der Waals surface area contributed by atoms with E-state index in [9.17, 15) is 4.79 Å². The van der Waals surface area contributed by atoms with E-state index in [1.54, 1.807) is 0 Å². The van der Waals surface area contributed by atoms with E-state index in [1.165, 1.54) is 18.5 Å². The fraction of sp³-hybridized carbons (Fsp3) is 0.588. The lowest BCUT2D eigenvalue weighted by molar-refractivity contribution is -0.00521. The van der Waals surface area contributed by atoms with Crippen molar-refractivity contribution in [3.8, 4) is 0 Å². The van der Waals surface area contributed by atoms with Crippen LogP contribution < -0.4 is 15.5 Å². The molecule has 1 aromatic rings. The number of benzene rings is 1. The molecule has 120 valence electrons. The average Bonchev–Trinajstić information content (AvgIpc) is 3.29. The Kier molecular flexibility index (Phi) is 4.52. The number of morpholine rings is 1. The summed E-state index contributed by atoms with van der Waals surface area (Å²) in [4.78, 5) is 14.1. The minimum absolute atomic E-state index is 0.117. The molecule has 1 aromatic carbocycles. The second-order valence-corrected chi connectivity index (χ2v) is 6.49. The van der Waals surface area contributed by atoms with Crippen molar-refractivity contribution in [2.45, 2.75) is 38.9 Å². The third-order valence-corrected chi connectivity index (χ3v) is 4.16. The van der Waals surface area contributed by atoms with Gasteiger partial charge < -0.3 is 20.3 Å². The lowest BCUT2D eigenvalue weighted by Gasteiger charge is -2.36. The topological polar surface area (TPSA) is 53.6 Å². The summed E-state index contributed by atoms with van der Waals surface area (Å²) < 4.78 is 5.76. The van der Waals surface area contributed by atoms with Crippen molar-refractivity contribution in [1.29, 1.82) is 0 Å². The number of hydrogen-bond acceptors (Lipinski definition) is 3. The number of nitrogens with zero attached hydrogens (tertiary/aromatic N) is 1. The maximum atomic E-state index is 11.8. The second kappa shape index (κ2) is 6.57. The first-order valence-corrected chi connectivity index (χ1v) is 8.15. The number of nitrogens with one attached hydrogen (secondary N) is 2. The van der Waals surface area contributed by atoms with Gasteiger partial charge in [0.2, 0.25) is 0 Å². The van der Waals surface area contributed by atoms with Gasteiger partial charge in [-0.25, -0.2) is 4.79 Å². The number of hydrogen-bond donors (Lipinski definition) is 2. The van der Waals surface area contributed by atoms with E-state index in [0.717, 1.165) is 25.3 Å². The van der Waals surface area contributed by atoms with E-state index >= 15 is 0 Å². The molecule has 0 bridgehead atoms. The van der Waals surface area contributed by atoms with Crippen LogP contribution in [0.15, 0.2) is 24.3 Å². The fourth-order valence-electron chi connectivity index (χ4n) is 2.88. The molecule has 22 heavy (non-hydrogen) atoms. The number of anilines is 2. The highest BCUT2D eigenvalue weighted by molar-refractivity contribution is 5.89. The van der Waals surface area contributed by atoms with Crippen LogP contribution >= 0.6 is 0 Å². The Hall–Kier alpha value is -1.75. The molecule has 2 atom stereocenters. The Bertz CT molecular complexity index is 503. The minimum Gasteiger partial charge on any atom is -0.372 e. The number of urea groups is 1. The Labute approximate surface area is 132 Å². The average molecular weight is 303 g/mol. The van der Waals surface area contributed by atoms with Crippen LogP contribution in [0.25, 0.3) is 0 Å². The normalized spacial score (nSPS) is 24.9. The molecule has 5 heteroatoms. The molecule has 1 saturated carbocycles. The summed E-state index contributed by atoms with van der Waals surface area (Å²) in [6.07, 6.45) is 2.97. The van der Waals surface area contributed by atoms with Gasteiger partial charge >= 0.3 is 6.03 Å². The third kappa shape index (κ3) is 4.13. The first-order valence-electron chi connectivity index (χ1n) is 8.15. The summed E-state index contributed by atoms with van der Waals surface area (Å²) in [6.45, 7) is 6.79. The second-order valence-electron chi connectivity index (χ2n) is 6.49. The number of carbonyl (C=O) groups excluding carboxylic acids is 1. The van der Waals surface area contributed by atoms with Gasteiger partial charge in [0.25, 0.3) is 0 Å². The molecule has 2 aliphatic rings. The van der Waals surface area contributed by atoms with E-state index in [1.807, 2.05) is 12.1 Å². The van der Waals surface area contributed by atoms with Gasteiger partial charge in [0.15, 0.2) is 0 Å². The number of ether oxygens (including phenoxy) is 1. The summed E-state index contributed by atoms with van der Waals surface area (Å²) in [6, 6.07) is 7.91. The van der Waals surface area contributed by atoms with Crippen molar-refractivity contribution < 1.29 is 9.53 Å². The number of carbonyl (C=O) groups is 1. The van der Waals surface area contributed by atoms with Gasteiger partial charge in [0.1, 0.15) is 0 Å². The zero-order valence-corrected chi connectivity index (χ0v) is 13.3. The van der Waals surface area contributed by atoms with E-state index < -0.39 is 0 Å². The van der Waals surface area contributed by atoms with Gasteiger partial charge in [0, 0.05) is 31.0 Å². The quantitative estimate of drug-likeness (QED) is 0.899. The summed E-state index contributed by atoms with van der Waals surface area (Å²) in [5, 5.41) is 5.79. The molecule has 0 spiro atoms. The van der Waals surface area contributed by atoms with Crippen LogP contribution in [0.4, 0.5) is 16.2 Å². The van der Waals surface area contributed by atoms with Crippen LogP contribution in [0.2, 0.25) is 0 Å². The Morgan fingerprint density at radius 1 is 1.18 bits per heavy atom. The molecule has 2 amide bonds. The summed E-state index contributed by atoms with van der Waals surface area (Å²) in [7, 11) is 0. The Balaban J connectivity index is 1.53. The van der Waals surface area contributed by atoms with Crippen LogP contribution in [0.1, 0.15) is 26.7 Å². The highest BCUT2D eigenvalue weighted by atomic mass is 16.5. The Morgan fingerprint density at radius 3 is 2.41 bits per heavy atom. The van der Waals surface area contributed by atoms with Crippen molar-refractivity contribution >= 4 is 17.4 Å². The van der Waals surface area contributed by atoms with Gasteiger partial charge in [-0.2, -0.15) is 0 Å². The van der Waals surface area contributed by atoms with E-state index in [4.69, 9.17) is 4.74 Å². The number of rotatable bonds is 4. The van der Waals surface area contributed by atoms with Crippen LogP contribution in [-0.2, 0) is 4.74 Å². The molecule has 1 saturated heterocycles. The molecule has 2 N–H and O–H groups in total. The minimum atomic E-state index is -0.117. The summed E-state index contributed by atoms with van der Waals surface area (Å²) in [5.41, 5.74) is 2.00. The van der Waals surface area contributed by atoms with Gasteiger partial charge in [0.05, 0.1) is 12.2 Å². The molecule has 3 rings (SSSR count). The largest absolute Gasteiger partial charge is 0.372 e. The van der Waals surface area contributed by atoms with E-state index in [0.29, 0.717) is 5.92 Å². The monoisotopic (exact) mass is 303 g/mol. The molecular formula is C17H25N3O2. The van der Waals surface area contributed by atoms with Crippen molar-refractivity contribution in [3.63, 3.8) is 0 Å². The maximum absolute atomic E-state index is 11.8. The molecule has 5 nitrogen and oxygen atoms in total. The highest BCUT2D eigenvalue weighted by Gasteiger charge is 2.23. The van der Waals surface area contributed by atoms with Crippen LogP contribution in [0.3, 0.4) is 0 Å². The van der Waals surface area contributed by atoms with E-state index in [-0.39, 0.29) is 18.2 Å². The van der Waals surface area contributed by atoms with Crippen LogP contribution in [0.5, 0.6) is 0 Å². The third-order valence-electron chi connectivity index (χ3n) is 4.16. The first-order chi connectivity index (χ1) is 10.6. The highest BCUT2D eigenvalue weighted by Crippen LogP contribution is 2.27. The molecule has 0 radical (unpaired) electrons. The molecule has 1 heterocycles. The molecule has 1 aliphatic heterocycles. The first kappa shape index (κ1) is 15.2. The van der Waals surface area contributed by atoms with Crippen molar-refractivity contribution in [1.82, 2.24) is 5.32 Å². The van der Waals surface area contributed by atoms with Crippen LogP contribution in [-0.4, -0.2) is 37.9 Å². The SMILES string of the molecule is C[C@@H]1CN(c2ccc(NC(=O)NCC3CC3)cc2)C[C@@H](C)O1. The standard InChI is InChI=1S/C17H25N3O2/c1-12-10-20(11-13(2)22-12)16-7-5-15(6-8-16)19-17(21)18-9-14-3-4-14/h5-8,12-14H,3-4,9-11H2,1-2H3,(H2,18,19,21)/t12-,13-/m1/s1.